The van der Waals surface area contributed by atoms with Crippen molar-refractivity contribution in [2.45, 2.75) is 39.2 Å². The molecule has 4 rings (SSSR count). The van der Waals surface area contributed by atoms with Gasteiger partial charge in [0.15, 0.2) is 11.5 Å². The summed E-state index contributed by atoms with van der Waals surface area (Å²) >= 11 is 6.37. The van der Waals surface area contributed by atoms with Gasteiger partial charge < -0.3 is 24.6 Å². The Morgan fingerprint density at radius 3 is 2.62 bits per heavy atom. The molecule has 3 heterocycles. The largest absolute Gasteiger partial charge is 0.493 e. The van der Waals surface area contributed by atoms with Crippen molar-refractivity contribution in [1.82, 2.24) is 29.7 Å². The molecule has 0 aliphatic carbocycles. The summed E-state index contributed by atoms with van der Waals surface area (Å²) in [6, 6.07) is 7.11. The number of nitrogens with zero attached hydrogens (tertiary/aromatic N) is 6. The topological polar surface area (TPSA) is 115 Å². The Hall–Kier alpha value is -3.86. The van der Waals surface area contributed by atoms with E-state index in [4.69, 9.17) is 26.1 Å². The standard InChI is InChI=1S/C28H36ClN7O4/c1-19(2)13-27(38)34-11-12-36(25-16-24(29)32-28(33-25)35-10-9-30-18-35)21(17-34)15-26(37)31-8-7-20-5-6-22(39-3)23(14-20)40-4/h5-6,9-10,14,16,18-19,21H,7-8,11-13,15,17H2,1-4H3,(H,31,37). The van der Waals surface area contributed by atoms with Crippen molar-refractivity contribution in [3.05, 3.63) is 53.7 Å². The Labute approximate surface area is 239 Å². The van der Waals surface area contributed by atoms with Crippen LogP contribution >= 0.6 is 11.6 Å². The van der Waals surface area contributed by atoms with Crippen molar-refractivity contribution in [3.63, 3.8) is 0 Å². The molecule has 2 aromatic heterocycles. The number of carbonyl (C=O) groups is 2. The van der Waals surface area contributed by atoms with Crippen LogP contribution in [0.5, 0.6) is 11.5 Å². The fraction of sp³-hybridized carbons (Fsp3) is 0.464. The van der Waals surface area contributed by atoms with Gasteiger partial charge in [-0.2, -0.15) is 4.98 Å². The van der Waals surface area contributed by atoms with E-state index in [1.54, 1.807) is 43.6 Å². The van der Waals surface area contributed by atoms with E-state index in [1.807, 2.05) is 41.8 Å². The summed E-state index contributed by atoms with van der Waals surface area (Å²) in [6.07, 6.45) is 6.27. The minimum Gasteiger partial charge on any atom is -0.493 e. The van der Waals surface area contributed by atoms with Crippen molar-refractivity contribution < 1.29 is 19.1 Å². The number of hydrogen-bond donors (Lipinski definition) is 1. The van der Waals surface area contributed by atoms with E-state index in [-0.39, 0.29) is 35.3 Å². The molecule has 0 bridgehead atoms. The zero-order valence-corrected chi connectivity index (χ0v) is 24.1. The number of halogens is 1. The number of hydrogen-bond acceptors (Lipinski definition) is 8. The molecule has 1 aromatic carbocycles. The molecule has 1 aliphatic heterocycles. The Kier molecular flexibility index (Phi) is 9.81. The number of benzene rings is 1. The number of methoxy groups -OCH3 is 2. The maximum absolute atomic E-state index is 13.1. The van der Waals surface area contributed by atoms with Gasteiger partial charge in [0.05, 0.1) is 20.3 Å². The molecular weight excluding hydrogens is 534 g/mol. The van der Waals surface area contributed by atoms with Crippen molar-refractivity contribution in [2.24, 2.45) is 5.92 Å². The lowest BCUT2D eigenvalue weighted by Gasteiger charge is -2.42. The number of anilines is 1. The van der Waals surface area contributed by atoms with E-state index < -0.39 is 0 Å². The smallest absolute Gasteiger partial charge is 0.238 e. The molecule has 214 valence electrons. The highest BCUT2D eigenvalue weighted by Crippen LogP contribution is 2.28. The van der Waals surface area contributed by atoms with E-state index in [0.717, 1.165) is 5.56 Å². The van der Waals surface area contributed by atoms with Crippen LogP contribution in [-0.2, 0) is 16.0 Å². The minimum atomic E-state index is -0.285. The molecule has 12 heteroatoms. The summed E-state index contributed by atoms with van der Waals surface area (Å²) in [5.41, 5.74) is 1.02. The Morgan fingerprint density at radius 2 is 1.93 bits per heavy atom. The molecule has 40 heavy (non-hydrogen) atoms. The average Bonchev–Trinajstić information content (AvgIpc) is 3.47. The first-order valence-electron chi connectivity index (χ1n) is 13.3. The molecule has 0 spiro atoms. The van der Waals surface area contributed by atoms with Crippen LogP contribution in [-0.4, -0.2) is 82.7 Å². The third-order valence-electron chi connectivity index (χ3n) is 6.72. The molecule has 1 saturated heterocycles. The summed E-state index contributed by atoms with van der Waals surface area (Å²) in [5.74, 6) is 2.53. The van der Waals surface area contributed by atoms with Crippen molar-refractivity contribution in [3.8, 4) is 17.4 Å². The Bertz CT molecular complexity index is 1300. The number of rotatable bonds is 11. The van der Waals surface area contributed by atoms with Crippen LogP contribution in [0.4, 0.5) is 5.82 Å². The van der Waals surface area contributed by atoms with E-state index in [2.05, 4.69) is 15.3 Å². The highest BCUT2D eigenvalue weighted by Gasteiger charge is 2.32. The van der Waals surface area contributed by atoms with E-state index in [9.17, 15) is 9.59 Å². The number of nitrogens with one attached hydrogen (secondary N) is 1. The first-order valence-corrected chi connectivity index (χ1v) is 13.7. The van der Waals surface area contributed by atoms with Gasteiger partial charge in [-0.25, -0.2) is 9.97 Å². The van der Waals surface area contributed by atoms with Gasteiger partial charge in [-0.05, 0) is 30.0 Å². The number of amides is 2. The van der Waals surface area contributed by atoms with E-state index in [1.165, 1.54) is 0 Å². The number of aromatic nitrogens is 4. The molecule has 1 fully saturated rings. The molecular formula is C28H36ClN7O4. The van der Waals surface area contributed by atoms with Gasteiger partial charge in [0, 0.05) is 57.5 Å². The number of carbonyl (C=O) groups excluding carboxylic acids is 2. The van der Waals surface area contributed by atoms with Gasteiger partial charge in [0.2, 0.25) is 17.8 Å². The van der Waals surface area contributed by atoms with Gasteiger partial charge >= 0.3 is 0 Å². The molecule has 2 amide bonds. The Balaban J connectivity index is 1.47. The second-order valence-electron chi connectivity index (χ2n) is 10.1. The second kappa shape index (κ2) is 13.5. The van der Waals surface area contributed by atoms with Gasteiger partial charge in [0.1, 0.15) is 17.3 Å². The quantitative estimate of drug-likeness (QED) is 0.350. The summed E-state index contributed by atoms with van der Waals surface area (Å²) in [4.78, 5) is 43.0. The fourth-order valence-corrected chi connectivity index (χ4v) is 4.91. The third kappa shape index (κ3) is 7.41. The molecule has 1 atom stereocenters. The van der Waals surface area contributed by atoms with Gasteiger partial charge in [-0.1, -0.05) is 31.5 Å². The van der Waals surface area contributed by atoms with Crippen LogP contribution in [0, 0.1) is 5.92 Å². The van der Waals surface area contributed by atoms with Gasteiger partial charge in [0.25, 0.3) is 0 Å². The molecule has 1 aliphatic rings. The van der Waals surface area contributed by atoms with Crippen molar-refractivity contribution >= 4 is 29.2 Å². The highest BCUT2D eigenvalue weighted by molar-refractivity contribution is 6.29. The average molecular weight is 570 g/mol. The lowest BCUT2D eigenvalue weighted by Crippen LogP contribution is -2.56. The first kappa shape index (κ1) is 29.1. The lowest BCUT2D eigenvalue weighted by molar-refractivity contribution is -0.133. The molecule has 3 aromatic rings. The maximum Gasteiger partial charge on any atom is 0.238 e. The normalized spacial score (nSPS) is 15.3. The summed E-state index contributed by atoms with van der Waals surface area (Å²) < 4.78 is 12.3. The third-order valence-corrected chi connectivity index (χ3v) is 6.92. The molecule has 0 radical (unpaired) electrons. The molecule has 11 nitrogen and oxygen atoms in total. The minimum absolute atomic E-state index is 0.0911. The molecule has 1 unspecified atom stereocenters. The zero-order chi connectivity index (χ0) is 28.6. The van der Waals surface area contributed by atoms with Crippen molar-refractivity contribution in [2.75, 3.05) is 45.3 Å². The molecule has 0 saturated carbocycles. The van der Waals surface area contributed by atoms with E-state index in [0.29, 0.717) is 62.3 Å². The Morgan fingerprint density at radius 1 is 1.12 bits per heavy atom. The van der Waals surface area contributed by atoms with Crippen LogP contribution in [0.3, 0.4) is 0 Å². The van der Waals surface area contributed by atoms with Crippen LogP contribution in [0.1, 0.15) is 32.3 Å². The van der Waals surface area contributed by atoms with Crippen LogP contribution in [0.25, 0.3) is 5.95 Å². The first-order chi connectivity index (χ1) is 19.3. The molecule has 1 N–H and O–H groups in total. The van der Waals surface area contributed by atoms with Gasteiger partial charge in [-0.3, -0.25) is 14.2 Å². The lowest BCUT2D eigenvalue weighted by atomic mass is 10.0. The SMILES string of the molecule is COc1ccc(CCNC(=O)CC2CN(C(=O)CC(C)C)CCN2c2cc(Cl)nc(-n3ccnc3)n2)cc1OC. The van der Waals surface area contributed by atoms with E-state index >= 15 is 0 Å². The van der Waals surface area contributed by atoms with Crippen molar-refractivity contribution in [1.29, 1.82) is 0 Å². The monoisotopic (exact) mass is 569 g/mol. The number of piperazine rings is 1. The number of ether oxygens (including phenoxy) is 2. The predicted molar refractivity (Wildman–Crippen MR) is 152 cm³/mol. The zero-order valence-electron chi connectivity index (χ0n) is 23.3. The highest BCUT2D eigenvalue weighted by atomic mass is 35.5. The predicted octanol–water partition coefficient (Wildman–Crippen LogP) is 3.15. The summed E-state index contributed by atoms with van der Waals surface area (Å²) in [5, 5.41) is 3.31. The maximum atomic E-state index is 13.1. The van der Waals surface area contributed by atoms with Gasteiger partial charge in [-0.15, -0.1) is 0 Å². The van der Waals surface area contributed by atoms with Crippen LogP contribution < -0.4 is 19.7 Å². The second-order valence-corrected chi connectivity index (χ2v) is 10.5. The van der Waals surface area contributed by atoms with Crippen LogP contribution in [0.2, 0.25) is 5.15 Å². The summed E-state index contributed by atoms with van der Waals surface area (Å²) in [7, 11) is 3.19. The number of imidazole rings is 1. The van der Waals surface area contributed by atoms with Crippen LogP contribution in [0.15, 0.2) is 43.0 Å². The fourth-order valence-electron chi connectivity index (χ4n) is 4.74. The summed E-state index contributed by atoms with van der Waals surface area (Å²) in [6.45, 7) is 5.98.